The van der Waals surface area contributed by atoms with Crippen molar-refractivity contribution in [1.29, 1.82) is 0 Å². The molecule has 2 fully saturated rings. The van der Waals surface area contributed by atoms with E-state index in [2.05, 4.69) is 21.8 Å². The zero-order chi connectivity index (χ0) is 25.5. The maximum absolute atomic E-state index is 13.3. The molecule has 0 unspecified atom stereocenters. The Labute approximate surface area is 221 Å². The second kappa shape index (κ2) is 10.1. The van der Waals surface area contributed by atoms with Gasteiger partial charge in [0, 0.05) is 19.6 Å². The van der Waals surface area contributed by atoms with E-state index in [0.29, 0.717) is 27.9 Å². The van der Waals surface area contributed by atoms with Crippen LogP contribution in [0.3, 0.4) is 0 Å². The molecule has 2 aromatic carbocycles. The van der Waals surface area contributed by atoms with E-state index in [4.69, 9.17) is 0 Å². The molecule has 2 aromatic heterocycles. The first-order valence-electron chi connectivity index (χ1n) is 13.6. The second-order valence-corrected chi connectivity index (χ2v) is 11.8. The molecule has 3 heterocycles. The van der Waals surface area contributed by atoms with Gasteiger partial charge in [0.05, 0.1) is 15.6 Å². The number of aromatic nitrogens is 3. The Hall–Kier alpha value is -2.97. The van der Waals surface area contributed by atoms with E-state index in [1.165, 1.54) is 43.6 Å². The van der Waals surface area contributed by atoms with E-state index in [1.807, 2.05) is 28.2 Å². The number of fused-ring (bicyclic) bond motifs is 2. The van der Waals surface area contributed by atoms with Crippen LogP contribution in [0.25, 0.3) is 32.4 Å². The summed E-state index contributed by atoms with van der Waals surface area (Å²) in [5.74, 6) is 0.743. The summed E-state index contributed by atoms with van der Waals surface area (Å²) in [5.41, 5.74) is 2.46. The van der Waals surface area contributed by atoms with Gasteiger partial charge in [-0.1, -0.05) is 49.9 Å². The lowest BCUT2D eigenvalue weighted by atomic mass is 10.0. The number of hydrogen-bond acceptors (Lipinski definition) is 6. The van der Waals surface area contributed by atoms with Crippen molar-refractivity contribution < 1.29 is 6.53 Å². The van der Waals surface area contributed by atoms with Crippen LogP contribution in [0.2, 0.25) is 0 Å². The lowest BCUT2D eigenvalue weighted by molar-refractivity contribution is 0.221. The molecular formula is C29H36N4O3S. The summed E-state index contributed by atoms with van der Waals surface area (Å²) in [4.78, 5) is 36.6. The van der Waals surface area contributed by atoms with Gasteiger partial charge < -0.3 is 10.1 Å². The Kier molecular flexibility index (Phi) is 6.63. The van der Waals surface area contributed by atoms with Crippen LogP contribution < -0.4 is 11.1 Å². The molecule has 1 saturated heterocycles. The number of nitrogens with one attached hydrogen (secondary N) is 1. The maximum Gasteiger partial charge on any atom is 0.275 e. The smallest absolute Gasteiger partial charge is 0.275 e. The number of H-pyrrole nitrogens is 1. The fraction of sp³-hybridized carbons (Fsp3) is 0.483. The van der Waals surface area contributed by atoms with Crippen LogP contribution in [0.1, 0.15) is 71.3 Å². The SMILES string of the molecule is CCC[C@H]1CC[C@@H](n2sc3c(-c4nc5c(O)cc(CN6CCCCC6)cc5[nH]c4=O)cccc3c2=O)C1.[HH]. The fourth-order valence-electron chi connectivity index (χ4n) is 6.30. The molecule has 6 rings (SSSR count). The minimum Gasteiger partial charge on any atom is -0.506 e. The quantitative estimate of drug-likeness (QED) is 0.323. The molecule has 1 aliphatic heterocycles. The summed E-state index contributed by atoms with van der Waals surface area (Å²) in [5, 5.41) is 11.5. The highest BCUT2D eigenvalue weighted by atomic mass is 32.1. The van der Waals surface area contributed by atoms with Crippen LogP contribution in [-0.4, -0.2) is 37.0 Å². The zero-order valence-electron chi connectivity index (χ0n) is 21.3. The van der Waals surface area contributed by atoms with Gasteiger partial charge in [0.1, 0.15) is 17.0 Å². The van der Waals surface area contributed by atoms with Crippen molar-refractivity contribution in [2.75, 3.05) is 13.1 Å². The number of phenolic OH excluding ortho intramolecular Hbond substituents is 1. The number of aromatic hydroxyl groups is 1. The number of hydrogen-bond donors (Lipinski definition) is 2. The van der Waals surface area contributed by atoms with Crippen molar-refractivity contribution in [2.45, 2.75) is 70.9 Å². The normalized spacial score (nSPS) is 20.8. The van der Waals surface area contributed by atoms with Gasteiger partial charge in [-0.05, 0) is 74.9 Å². The van der Waals surface area contributed by atoms with E-state index < -0.39 is 0 Å². The predicted molar refractivity (Wildman–Crippen MR) is 152 cm³/mol. The molecule has 196 valence electrons. The molecule has 0 amide bonds. The van der Waals surface area contributed by atoms with Gasteiger partial charge in [0.15, 0.2) is 0 Å². The molecular weight excluding hydrogens is 484 g/mol. The first-order valence-corrected chi connectivity index (χ1v) is 14.4. The third-order valence-corrected chi connectivity index (χ3v) is 9.41. The molecule has 0 bridgehead atoms. The Bertz CT molecular complexity index is 1570. The van der Waals surface area contributed by atoms with Gasteiger partial charge in [0.2, 0.25) is 0 Å². The van der Waals surface area contributed by atoms with Gasteiger partial charge in [-0.25, -0.2) is 4.98 Å². The molecule has 1 saturated carbocycles. The lowest BCUT2D eigenvalue weighted by Crippen LogP contribution is -2.29. The predicted octanol–water partition coefficient (Wildman–Crippen LogP) is 6.05. The molecule has 7 nitrogen and oxygen atoms in total. The minimum atomic E-state index is -0.314. The highest BCUT2D eigenvalue weighted by Crippen LogP contribution is 2.39. The van der Waals surface area contributed by atoms with Crippen molar-refractivity contribution in [2.24, 2.45) is 5.92 Å². The van der Waals surface area contributed by atoms with Crippen LogP contribution in [0, 0.1) is 5.92 Å². The van der Waals surface area contributed by atoms with Crippen LogP contribution in [0.4, 0.5) is 0 Å². The van der Waals surface area contributed by atoms with Gasteiger partial charge in [0.25, 0.3) is 11.1 Å². The summed E-state index contributed by atoms with van der Waals surface area (Å²) in [7, 11) is 0. The molecule has 2 aliphatic rings. The molecule has 2 N–H and O–H groups in total. The number of phenols is 1. The summed E-state index contributed by atoms with van der Waals surface area (Å²) in [6.45, 7) is 5.07. The number of aromatic amines is 1. The van der Waals surface area contributed by atoms with Gasteiger partial charge in [-0.15, -0.1) is 0 Å². The highest BCUT2D eigenvalue weighted by molar-refractivity contribution is 7.14. The number of rotatable bonds is 6. The fourth-order valence-corrected chi connectivity index (χ4v) is 7.54. The third kappa shape index (κ3) is 4.61. The van der Waals surface area contributed by atoms with Crippen LogP contribution in [-0.2, 0) is 6.54 Å². The molecule has 4 aromatic rings. The van der Waals surface area contributed by atoms with Crippen molar-refractivity contribution in [3.05, 3.63) is 56.6 Å². The number of nitrogens with zero attached hydrogens (tertiary/aromatic N) is 3. The van der Waals surface area contributed by atoms with Gasteiger partial charge in [-0.2, -0.15) is 0 Å². The van der Waals surface area contributed by atoms with Crippen LogP contribution in [0.5, 0.6) is 5.75 Å². The molecule has 0 spiro atoms. The zero-order valence-corrected chi connectivity index (χ0v) is 22.1. The third-order valence-electron chi connectivity index (χ3n) is 8.12. The van der Waals surface area contributed by atoms with Crippen molar-refractivity contribution in [1.82, 2.24) is 18.8 Å². The second-order valence-electron chi connectivity index (χ2n) is 10.8. The van der Waals surface area contributed by atoms with E-state index in [1.54, 1.807) is 6.07 Å². The van der Waals surface area contributed by atoms with Crippen molar-refractivity contribution in [3.8, 4) is 17.0 Å². The summed E-state index contributed by atoms with van der Waals surface area (Å²) < 4.78 is 2.70. The largest absolute Gasteiger partial charge is 0.506 e. The Balaban J connectivity index is 0.00000294. The first kappa shape index (κ1) is 24.4. The summed E-state index contributed by atoms with van der Waals surface area (Å²) in [6.07, 6.45) is 9.27. The monoisotopic (exact) mass is 520 g/mol. The topological polar surface area (TPSA) is 91.2 Å². The molecule has 8 heteroatoms. The summed E-state index contributed by atoms with van der Waals surface area (Å²) in [6, 6.07) is 9.41. The minimum absolute atomic E-state index is 0. The Morgan fingerprint density at radius 2 is 2.00 bits per heavy atom. The highest BCUT2D eigenvalue weighted by Gasteiger charge is 2.28. The van der Waals surface area contributed by atoms with Crippen LogP contribution in [0.15, 0.2) is 39.9 Å². The van der Waals surface area contributed by atoms with E-state index in [0.717, 1.165) is 49.2 Å². The number of benzene rings is 2. The average Bonchev–Trinajstić information content (AvgIpc) is 3.49. The standard InChI is InChI=1S/C29H34N4O3S.H2/c1-2-7-18-10-11-20(14-18)33-29(36)22-9-6-8-21(27(22)37-33)25-28(35)30-23-15-19(16-24(34)26(23)31-25)17-32-12-4-3-5-13-32;/h6,8-9,15-16,18,20,34H,2-5,7,10-14,17H2,1H3,(H,30,35);1H/t18-,20+;/m0./s1. The molecule has 0 radical (unpaired) electrons. The number of piperidine rings is 1. The van der Waals surface area contributed by atoms with Gasteiger partial charge >= 0.3 is 0 Å². The summed E-state index contributed by atoms with van der Waals surface area (Å²) >= 11 is 1.45. The van der Waals surface area contributed by atoms with Crippen LogP contribution >= 0.6 is 11.5 Å². The Morgan fingerprint density at radius 1 is 1.16 bits per heavy atom. The first-order chi connectivity index (χ1) is 18.0. The molecule has 2 atom stereocenters. The maximum atomic E-state index is 13.3. The average molecular weight is 521 g/mol. The molecule has 1 aliphatic carbocycles. The lowest BCUT2D eigenvalue weighted by Gasteiger charge is -2.26. The Morgan fingerprint density at radius 3 is 2.81 bits per heavy atom. The van der Waals surface area contributed by atoms with Gasteiger partial charge in [-0.3, -0.25) is 18.4 Å². The van der Waals surface area contributed by atoms with Crippen molar-refractivity contribution in [3.63, 3.8) is 0 Å². The van der Waals surface area contributed by atoms with Crippen molar-refractivity contribution >= 4 is 32.7 Å². The van der Waals surface area contributed by atoms with E-state index >= 15 is 0 Å². The van der Waals surface area contributed by atoms with E-state index in [-0.39, 0.29) is 30.0 Å². The molecule has 37 heavy (non-hydrogen) atoms. The number of likely N-dealkylation sites (tertiary alicyclic amines) is 1. The van der Waals surface area contributed by atoms with E-state index in [9.17, 15) is 14.7 Å².